The Morgan fingerprint density at radius 3 is 2.50 bits per heavy atom. The molecule has 1 fully saturated rings. The van der Waals surface area contributed by atoms with Crippen LogP contribution in [-0.4, -0.2) is 53.6 Å². The van der Waals surface area contributed by atoms with Gasteiger partial charge in [-0.1, -0.05) is 41.2 Å². The van der Waals surface area contributed by atoms with Crippen LogP contribution < -0.4 is 5.32 Å². The fraction of sp³-hybridized carbons (Fsp3) is 0.286. The van der Waals surface area contributed by atoms with Crippen LogP contribution >= 0.6 is 23.6 Å². The number of piperazine rings is 1. The standard InChI is InChI=1S/C21H22N6O2S3/c1-16-6-8-18(9-7-16)23-20-24-27(21(30)31-20)15-25-10-12-26(13-11-25)32(28,29)19-5-3-2-4-17(19)14-22/h2-9H,10-13,15H2,1H3,(H,23,24). The first-order valence-electron chi connectivity index (χ1n) is 10.00. The molecule has 0 aliphatic carbocycles. The van der Waals surface area contributed by atoms with E-state index in [1.165, 1.54) is 33.3 Å². The van der Waals surface area contributed by atoms with E-state index in [0.29, 0.717) is 41.9 Å². The van der Waals surface area contributed by atoms with Gasteiger partial charge in [-0.05, 0) is 43.4 Å². The zero-order chi connectivity index (χ0) is 22.7. The average Bonchev–Trinajstić information content (AvgIpc) is 3.14. The maximum Gasteiger partial charge on any atom is 0.244 e. The number of nitrogens with zero attached hydrogens (tertiary/aromatic N) is 5. The third-order valence-corrected chi connectivity index (χ3v) is 8.38. The first-order valence-corrected chi connectivity index (χ1v) is 12.7. The van der Waals surface area contributed by atoms with Crippen molar-refractivity contribution in [2.24, 2.45) is 0 Å². The minimum atomic E-state index is -3.71. The fourth-order valence-corrected chi connectivity index (χ4v) is 6.01. The van der Waals surface area contributed by atoms with Crippen LogP contribution in [-0.2, 0) is 16.7 Å². The second kappa shape index (κ2) is 9.48. The summed E-state index contributed by atoms with van der Waals surface area (Å²) in [5, 5.41) is 17.8. The molecule has 3 aromatic rings. The summed E-state index contributed by atoms with van der Waals surface area (Å²) in [5.41, 5.74) is 2.30. The summed E-state index contributed by atoms with van der Waals surface area (Å²) >= 11 is 6.87. The van der Waals surface area contributed by atoms with Gasteiger partial charge in [0, 0.05) is 31.9 Å². The number of benzene rings is 2. The number of hydrogen-bond donors (Lipinski definition) is 1. The largest absolute Gasteiger partial charge is 0.330 e. The van der Waals surface area contributed by atoms with Crippen molar-refractivity contribution in [1.29, 1.82) is 5.26 Å². The molecule has 32 heavy (non-hydrogen) atoms. The Bertz CT molecular complexity index is 1300. The smallest absolute Gasteiger partial charge is 0.244 e. The van der Waals surface area contributed by atoms with E-state index in [2.05, 4.69) is 15.3 Å². The lowest BCUT2D eigenvalue weighted by Crippen LogP contribution is -2.49. The van der Waals surface area contributed by atoms with Crippen molar-refractivity contribution < 1.29 is 8.42 Å². The Balaban J connectivity index is 1.39. The van der Waals surface area contributed by atoms with Gasteiger partial charge in [-0.2, -0.15) is 9.57 Å². The van der Waals surface area contributed by atoms with Crippen LogP contribution in [0.5, 0.6) is 0 Å². The second-order valence-corrected chi connectivity index (χ2v) is 11.0. The van der Waals surface area contributed by atoms with E-state index < -0.39 is 10.0 Å². The van der Waals surface area contributed by atoms with Gasteiger partial charge in [-0.15, -0.1) is 5.10 Å². The molecule has 11 heteroatoms. The van der Waals surface area contributed by atoms with Crippen LogP contribution in [0.2, 0.25) is 0 Å². The van der Waals surface area contributed by atoms with Gasteiger partial charge in [0.1, 0.15) is 6.07 Å². The predicted octanol–water partition coefficient (Wildman–Crippen LogP) is 3.56. The van der Waals surface area contributed by atoms with Gasteiger partial charge in [-0.25, -0.2) is 13.1 Å². The van der Waals surface area contributed by atoms with Gasteiger partial charge in [-0.3, -0.25) is 4.90 Å². The number of aryl methyl sites for hydroxylation is 1. The predicted molar refractivity (Wildman–Crippen MR) is 127 cm³/mol. The molecule has 1 aromatic heterocycles. The lowest BCUT2D eigenvalue weighted by atomic mass is 10.2. The van der Waals surface area contributed by atoms with E-state index in [0.717, 1.165) is 5.69 Å². The number of sulfonamides is 1. The number of rotatable bonds is 6. The molecule has 166 valence electrons. The second-order valence-electron chi connectivity index (χ2n) is 7.44. The maximum atomic E-state index is 13.0. The Labute approximate surface area is 196 Å². The van der Waals surface area contributed by atoms with Gasteiger partial charge in [0.05, 0.1) is 17.1 Å². The molecule has 0 saturated carbocycles. The SMILES string of the molecule is Cc1ccc(Nc2nn(CN3CCN(S(=O)(=O)c4ccccc4C#N)CC3)c(=S)s2)cc1. The number of nitrogens with one attached hydrogen (secondary N) is 1. The van der Waals surface area contributed by atoms with Crippen molar-refractivity contribution in [3.8, 4) is 6.07 Å². The molecule has 1 aliphatic rings. The van der Waals surface area contributed by atoms with Crippen LogP contribution in [0.4, 0.5) is 10.8 Å². The van der Waals surface area contributed by atoms with Gasteiger partial charge in [0.2, 0.25) is 15.2 Å². The third-order valence-electron chi connectivity index (χ3n) is 5.20. The van der Waals surface area contributed by atoms with Crippen LogP contribution in [0.3, 0.4) is 0 Å². The fourth-order valence-electron chi connectivity index (χ4n) is 3.43. The molecule has 2 heterocycles. The van der Waals surface area contributed by atoms with Crippen LogP contribution in [0, 0.1) is 22.2 Å². The Hall–Kier alpha value is -2.62. The summed E-state index contributed by atoms with van der Waals surface area (Å²) in [7, 11) is -3.71. The lowest BCUT2D eigenvalue weighted by molar-refractivity contribution is 0.145. The summed E-state index contributed by atoms with van der Waals surface area (Å²) in [6.07, 6.45) is 0. The van der Waals surface area contributed by atoms with E-state index in [1.54, 1.807) is 16.8 Å². The summed E-state index contributed by atoms with van der Waals surface area (Å²) < 4.78 is 29.8. The van der Waals surface area contributed by atoms with Crippen molar-refractivity contribution in [3.63, 3.8) is 0 Å². The molecular weight excluding hydrogens is 464 g/mol. The topological polar surface area (TPSA) is 94.3 Å². The van der Waals surface area contributed by atoms with Crippen molar-refractivity contribution >= 4 is 44.4 Å². The van der Waals surface area contributed by atoms with Crippen LogP contribution in [0.25, 0.3) is 0 Å². The van der Waals surface area contributed by atoms with Gasteiger partial charge < -0.3 is 5.32 Å². The quantitative estimate of drug-likeness (QED) is 0.533. The molecule has 0 amide bonds. The molecule has 4 rings (SSSR count). The zero-order valence-corrected chi connectivity index (χ0v) is 19.9. The van der Waals surface area contributed by atoms with Gasteiger partial charge >= 0.3 is 0 Å². The summed E-state index contributed by atoms with van der Waals surface area (Å²) in [4.78, 5) is 2.18. The Morgan fingerprint density at radius 2 is 1.81 bits per heavy atom. The first-order chi connectivity index (χ1) is 15.4. The van der Waals surface area contributed by atoms with Crippen LogP contribution in [0.15, 0.2) is 53.4 Å². The first kappa shape index (κ1) is 22.6. The van der Waals surface area contributed by atoms with Crippen molar-refractivity contribution in [1.82, 2.24) is 19.0 Å². The molecule has 1 N–H and O–H groups in total. The minimum absolute atomic E-state index is 0.0597. The highest BCUT2D eigenvalue weighted by molar-refractivity contribution is 7.89. The minimum Gasteiger partial charge on any atom is -0.330 e. The third kappa shape index (κ3) is 4.90. The molecule has 0 radical (unpaired) electrons. The van der Waals surface area contributed by atoms with E-state index in [4.69, 9.17) is 12.2 Å². The highest BCUT2D eigenvalue weighted by atomic mass is 32.2. The molecular formula is C21H22N6O2S3. The van der Waals surface area contributed by atoms with E-state index in [-0.39, 0.29) is 10.5 Å². The van der Waals surface area contributed by atoms with Gasteiger partial charge in [0.15, 0.2) is 3.95 Å². The normalized spacial score (nSPS) is 15.4. The number of anilines is 2. The molecule has 0 bridgehead atoms. The zero-order valence-electron chi connectivity index (χ0n) is 17.4. The van der Waals surface area contributed by atoms with Crippen LogP contribution in [0.1, 0.15) is 11.1 Å². The number of nitriles is 1. The molecule has 1 aliphatic heterocycles. The molecule has 1 saturated heterocycles. The van der Waals surface area contributed by atoms with E-state index in [9.17, 15) is 13.7 Å². The molecule has 2 aromatic carbocycles. The molecule has 0 atom stereocenters. The summed E-state index contributed by atoms with van der Waals surface area (Å²) in [5.74, 6) is 0. The van der Waals surface area contributed by atoms with E-state index >= 15 is 0 Å². The molecule has 0 spiro atoms. The monoisotopic (exact) mass is 486 g/mol. The lowest BCUT2D eigenvalue weighted by Gasteiger charge is -2.33. The average molecular weight is 487 g/mol. The van der Waals surface area contributed by atoms with Crippen molar-refractivity contribution in [3.05, 3.63) is 63.6 Å². The Kier molecular flexibility index (Phi) is 6.68. The number of hydrogen-bond acceptors (Lipinski definition) is 8. The summed E-state index contributed by atoms with van der Waals surface area (Å²) in [6.45, 7) is 4.31. The number of aromatic nitrogens is 2. The highest BCUT2D eigenvalue weighted by Gasteiger charge is 2.30. The Morgan fingerprint density at radius 1 is 1.12 bits per heavy atom. The highest BCUT2D eigenvalue weighted by Crippen LogP contribution is 2.23. The molecule has 8 nitrogen and oxygen atoms in total. The van der Waals surface area contributed by atoms with Crippen molar-refractivity contribution in [2.45, 2.75) is 18.5 Å². The maximum absolute atomic E-state index is 13.0. The summed E-state index contributed by atoms with van der Waals surface area (Å²) in [6, 6.07) is 16.3. The van der Waals surface area contributed by atoms with Crippen molar-refractivity contribution in [2.75, 3.05) is 31.5 Å². The van der Waals surface area contributed by atoms with E-state index in [1.807, 2.05) is 37.3 Å². The molecule has 0 unspecified atom stereocenters. The van der Waals surface area contributed by atoms with Gasteiger partial charge in [0.25, 0.3) is 0 Å².